The Morgan fingerprint density at radius 1 is 1.00 bits per heavy atom. The Kier molecular flexibility index (Phi) is 8.57. The number of alkyl halides is 3. The van der Waals surface area contributed by atoms with Gasteiger partial charge < -0.3 is 19.7 Å². The van der Waals surface area contributed by atoms with E-state index in [1.165, 1.54) is 6.07 Å². The standard InChI is InChI=1S/C42H48F5N6O2/c1-23-29(43)14-12-24-6-3-7-28(33(23)24)37-35(44)36-34-32(51(37)2)9-4-8-31-30-15-13-26(48-30)20-52(31)39(34)50-40(49-36)55-22-41-17-5-19-53(41)27(16-18-41)21-54-38(25-10-11-25)42(45,46)47/h3,6-7,12,14,25-27,30-31,38,48H,4-5,8-11,13,15-22H2,1-2H3/q+1/t26-,27-,30+,31+,38?,41-/m0/s1. The summed E-state index contributed by atoms with van der Waals surface area (Å²) in [5, 5.41) is 5.99. The summed E-state index contributed by atoms with van der Waals surface area (Å²) >= 11 is 0. The van der Waals surface area contributed by atoms with E-state index in [9.17, 15) is 13.2 Å². The van der Waals surface area contributed by atoms with Crippen molar-refractivity contribution in [3.05, 3.63) is 53.2 Å². The lowest BCUT2D eigenvalue weighted by Crippen LogP contribution is -2.58. The molecule has 0 spiro atoms. The van der Waals surface area contributed by atoms with Crippen molar-refractivity contribution in [1.29, 1.82) is 0 Å². The number of anilines is 1. The third-order valence-corrected chi connectivity index (χ3v) is 13.9. The highest BCUT2D eigenvalue weighted by atomic mass is 19.4. The Hall–Kier alpha value is -3.68. The van der Waals surface area contributed by atoms with Crippen LogP contribution in [0.4, 0.5) is 27.8 Å². The predicted octanol–water partition coefficient (Wildman–Crippen LogP) is 7.24. The van der Waals surface area contributed by atoms with Gasteiger partial charge in [-0.2, -0.15) is 32.1 Å². The van der Waals surface area contributed by atoms with Crippen LogP contribution < -0.4 is 19.5 Å². The molecule has 2 aromatic heterocycles. The number of rotatable bonds is 8. The zero-order chi connectivity index (χ0) is 37.8. The van der Waals surface area contributed by atoms with Crippen molar-refractivity contribution in [2.24, 2.45) is 13.0 Å². The maximum atomic E-state index is 17.6. The Morgan fingerprint density at radius 2 is 1.85 bits per heavy atom. The highest BCUT2D eigenvalue weighted by Crippen LogP contribution is 2.46. The van der Waals surface area contributed by atoms with Gasteiger partial charge in [0, 0.05) is 42.5 Å². The summed E-state index contributed by atoms with van der Waals surface area (Å²) in [6.45, 7) is 3.53. The van der Waals surface area contributed by atoms with Crippen LogP contribution in [0, 0.1) is 24.5 Å². The number of fused-ring (bicyclic) bond motifs is 7. The van der Waals surface area contributed by atoms with Gasteiger partial charge in [0.15, 0.2) is 17.6 Å². The van der Waals surface area contributed by atoms with Gasteiger partial charge in [-0.3, -0.25) is 4.90 Å². The van der Waals surface area contributed by atoms with Gasteiger partial charge in [0.2, 0.25) is 5.82 Å². The second-order valence-electron chi connectivity index (χ2n) is 17.1. The molecule has 0 amide bonds. The number of halogens is 5. The van der Waals surface area contributed by atoms with E-state index in [0.717, 1.165) is 75.5 Å². The first kappa shape index (κ1) is 35.7. The quantitative estimate of drug-likeness (QED) is 0.150. The first-order valence-corrected chi connectivity index (χ1v) is 20.2. The van der Waals surface area contributed by atoms with E-state index >= 15 is 8.78 Å². The molecule has 1 aliphatic carbocycles. The second kappa shape index (κ2) is 13.2. The number of aryl methyl sites for hydroxylation is 2. The van der Waals surface area contributed by atoms with E-state index in [4.69, 9.17) is 19.4 Å². The fraction of sp³-hybridized carbons (Fsp3) is 0.595. The van der Waals surface area contributed by atoms with Crippen molar-refractivity contribution >= 4 is 27.5 Å². The summed E-state index contributed by atoms with van der Waals surface area (Å²) in [6, 6.07) is 9.64. The second-order valence-corrected chi connectivity index (χ2v) is 17.1. The number of pyridine rings is 1. The molecule has 0 radical (unpaired) electrons. The van der Waals surface area contributed by atoms with Crippen LogP contribution in [0.1, 0.15) is 75.5 Å². The SMILES string of the molecule is Cc1c(F)ccc2cccc(-c3c(F)c4nc(OC[C@@]56CCCN5[C@H](COC(C5CC5)C(F)(F)F)CC6)nc5c4c([n+]3C)CCC[C@@H]3[C@H]4CC[C@@H](CN53)N4)c12. The molecule has 292 valence electrons. The Balaban J connectivity index is 1.05. The van der Waals surface area contributed by atoms with Gasteiger partial charge in [-0.1, -0.05) is 18.2 Å². The molecule has 6 atom stereocenters. The monoisotopic (exact) mass is 763 g/mol. The molecule has 1 N–H and O–H groups in total. The van der Waals surface area contributed by atoms with Crippen LogP contribution in [0.5, 0.6) is 6.01 Å². The van der Waals surface area contributed by atoms with Crippen molar-refractivity contribution in [1.82, 2.24) is 20.2 Å². The molecule has 6 aliphatic rings. The lowest BCUT2D eigenvalue weighted by atomic mass is 9.92. The van der Waals surface area contributed by atoms with Crippen molar-refractivity contribution in [2.45, 2.75) is 120 Å². The highest BCUT2D eigenvalue weighted by Gasteiger charge is 2.53. The van der Waals surface area contributed by atoms with Crippen LogP contribution >= 0.6 is 0 Å². The van der Waals surface area contributed by atoms with Crippen LogP contribution in [-0.2, 0) is 18.2 Å². The smallest absolute Gasteiger partial charge is 0.414 e. The first-order valence-electron chi connectivity index (χ1n) is 20.2. The van der Waals surface area contributed by atoms with Gasteiger partial charge in [0.25, 0.3) is 5.69 Å². The number of ether oxygens (including phenoxy) is 2. The summed E-state index contributed by atoms with van der Waals surface area (Å²) < 4.78 is 88.2. The van der Waals surface area contributed by atoms with Crippen LogP contribution in [0.15, 0.2) is 30.3 Å². The molecule has 55 heavy (non-hydrogen) atoms. The maximum Gasteiger partial charge on any atom is 0.414 e. The molecular weight excluding hydrogens is 715 g/mol. The van der Waals surface area contributed by atoms with Crippen molar-refractivity contribution in [3.63, 3.8) is 0 Å². The number of aromatic nitrogens is 3. The van der Waals surface area contributed by atoms with Crippen molar-refractivity contribution < 1.29 is 36.0 Å². The average molecular weight is 764 g/mol. The van der Waals surface area contributed by atoms with E-state index in [2.05, 4.69) is 15.1 Å². The van der Waals surface area contributed by atoms with Gasteiger partial charge in [0.1, 0.15) is 30.4 Å². The number of hydrogen-bond donors (Lipinski definition) is 1. The molecule has 10 rings (SSSR count). The average Bonchev–Trinajstić information content (AvgIpc) is 3.63. The predicted molar refractivity (Wildman–Crippen MR) is 198 cm³/mol. The first-order chi connectivity index (χ1) is 26.5. The van der Waals surface area contributed by atoms with Gasteiger partial charge >= 0.3 is 12.2 Å². The molecule has 4 aromatic rings. The summed E-state index contributed by atoms with van der Waals surface area (Å²) in [4.78, 5) is 14.7. The molecule has 5 aliphatic heterocycles. The number of benzene rings is 2. The fourth-order valence-electron chi connectivity index (χ4n) is 11.1. The third kappa shape index (κ3) is 5.88. The number of nitrogens with one attached hydrogen (secondary N) is 1. The maximum absolute atomic E-state index is 17.6. The molecule has 2 bridgehead atoms. The Morgan fingerprint density at radius 3 is 2.67 bits per heavy atom. The van der Waals surface area contributed by atoms with E-state index in [-0.39, 0.29) is 48.2 Å². The molecule has 1 saturated carbocycles. The summed E-state index contributed by atoms with van der Waals surface area (Å²) in [7, 11) is 1.89. The normalized spacial score (nSPS) is 28.4. The van der Waals surface area contributed by atoms with Crippen molar-refractivity contribution in [3.8, 4) is 17.3 Å². The van der Waals surface area contributed by atoms with Crippen LogP contribution in [0.2, 0.25) is 0 Å². The number of hydrogen-bond acceptors (Lipinski definition) is 7. The Labute approximate surface area is 317 Å². The van der Waals surface area contributed by atoms with E-state index in [1.54, 1.807) is 13.0 Å². The number of piperazine rings is 1. The molecule has 5 fully saturated rings. The van der Waals surface area contributed by atoms with Crippen LogP contribution in [-0.4, -0.2) is 83.2 Å². The zero-order valence-electron chi connectivity index (χ0n) is 31.4. The molecule has 13 heteroatoms. The molecule has 8 nitrogen and oxygen atoms in total. The van der Waals surface area contributed by atoms with Gasteiger partial charge in [-0.05, 0) is 107 Å². The van der Waals surface area contributed by atoms with E-state index in [1.807, 2.05) is 29.8 Å². The fourth-order valence-corrected chi connectivity index (χ4v) is 11.1. The minimum atomic E-state index is -4.37. The molecule has 7 heterocycles. The van der Waals surface area contributed by atoms with E-state index < -0.39 is 24.0 Å². The zero-order valence-corrected chi connectivity index (χ0v) is 31.4. The van der Waals surface area contributed by atoms with Crippen LogP contribution in [0.3, 0.4) is 0 Å². The minimum absolute atomic E-state index is 0.0388. The van der Waals surface area contributed by atoms with Gasteiger partial charge in [0.05, 0.1) is 17.7 Å². The van der Waals surface area contributed by atoms with Gasteiger partial charge in [-0.15, -0.1) is 0 Å². The third-order valence-electron chi connectivity index (χ3n) is 13.9. The Bertz CT molecular complexity index is 2180. The molecular formula is C42H48F5N6O2+. The molecule has 4 saturated heterocycles. The summed E-state index contributed by atoms with van der Waals surface area (Å²) in [6.07, 6.45) is 3.00. The van der Waals surface area contributed by atoms with Crippen LogP contribution in [0.25, 0.3) is 32.9 Å². The molecule has 2 aromatic carbocycles. The van der Waals surface area contributed by atoms with Gasteiger partial charge in [-0.25, -0.2) is 4.39 Å². The minimum Gasteiger partial charge on any atom is -0.461 e. The summed E-state index contributed by atoms with van der Waals surface area (Å²) in [5.74, 6) is -0.597. The topological polar surface area (TPSA) is 66.6 Å². The summed E-state index contributed by atoms with van der Waals surface area (Å²) in [5.41, 5.74) is 2.15. The lowest BCUT2D eigenvalue weighted by Gasteiger charge is -2.43. The lowest BCUT2D eigenvalue weighted by molar-refractivity contribution is -0.667. The highest BCUT2D eigenvalue weighted by molar-refractivity contribution is 6.00. The molecule has 1 unspecified atom stereocenters. The number of nitrogens with zero attached hydrogens (tertiary/aromatic N) is 5. The van der Waals surface area contributed by atoms with Crippen molar-refractivity contribution in [2.75, 3.05) is 31.2 Å². The largest absolute Gasteiger partial charge is 0.461 e. The van der Waals surface area contributed by atoms with E-state index in [0.29, 0.717) is 64.8 Å².